The van der Waals surface area contributed by atoms with Crippen molar-refractivity contribution >= 4 is 34.2 Å². The first-order valence-electron chi connectivity index (χ1n) is 7.09. The number of rotatable bonds is 4. The van der Waals surface area contributed by atoms with Crippen molar-refractivity contribution in [2.75, 3.05) is 25.0 Å². The van der Waals surface area contributed by atoms with Crippen LogP contribution in [-0.2, 0) is 9.59 Å². The van der Waals surface area contributed by atoms with Crippen LogP contribution in [0.4, 0.5) is 5.13 Å². The molecule has 1 fully saturated rings. The van der Waals surface area contributed by atoms with Gasteiger partial charge in [-0.1, -0.05) is 6.42 Å². The van der Waals surface area contributed by atoms with Crippen molar-refractivity contribution in [2.24, 2.45) is 0 Å². The third-order valence-corrected chi connectivity index (χ3v) is 3.91. The van der Waals surface area contributed by atoms with Crippen LogP contribution in [0.1, 0.15) is 36.7 Å². The first-order valence-corrected chi connectivity index (χ1v) is 7.97. The van der Waals surface area contributed by atoms with Crippen molar-refractivity contribution in [3.63, 3.8) is 0 Å². The highest BCUT2D eigenvalue weighted by molar-refractivity contribution is 7.14. The molecule has 0 bridgehead atoms. The van der Waals surface area contributed by atoms with E-state index in [9.17, 15) is 14.4 Å². The molecule has 120 valence electrons. The van der Waals surface area contributed by atoms with E-state index in [4.69, 9.17) is 0 Å². The number of nitrogens with zero attached hydrogens (tertiary/aromatic N) is 2. The van der Waals surface area contributed by atoms with Crippen LogP contribution in [0, 0.1) is 0 Å². The Balaban J connectivity index is 1.75. The number of anilines is 1. The maximum Gasteiger partial charge on any atom is 0.289 e. The molecule has 9 heteroatoms. The van der Waals surface area contributed by atoms with Gasteiger partial charge in [0.1, 0.15) is 5.69 Å². The number of piperidine rings is 1. The van der Waals surface area contributed by atoms with Crippen molar-refractivity contribution < 1.29 is 14.4 Å². The van der Waals surface area contributed by atoms with Gasteiger partial charge in [-0.2, -0.15) is 0 Å². The molecule has 8 nitrogen and oxygen atoms in total. The molecule has 0 aliphatic carbocycles. The van der Waals surface area contributed by atoms with E-state index in [2.05, 4.69) is 26.1 Å². The number of carbonyl (C=O) groups is 3. The Bertz CT molecular complexity index is 554. The summed E-state index contributed by atoms with van der Waals surface area (Å²) >= 11 is 1.14. The molecular formula is C13H19N5O3S. The fourth-order valence-electron chi connectivity index (χ4n) is 2.14. The van der Waals surface area contributed by atoms with Crippen molar-refractivity contribution in [2.45, 2.75) is 26.2 Å². The lowest BCUT2D eigenvalue weighted by Gasteiger charge is -2.25. The molecule has 0 spiro atoms. The quantitative estimate of drug-likeness (QED) is 0.693. The zero-order chi connectivity index (χ0) is 15.9. The molecule has 1 aliphatic heterocycles. The third kappa shape index (κ3) is 5.08. The van der Waals surface area contributed by atoms with E-state index in [0.29, 0.717) is 5.13 Å². The molecule has 1 saturated heterocycles. The van der Waals surface area contributed by atoms with E-state index >= 15 is 0 Å². The smallest absolute Gasteiger partial charge is 0.289 e. The summed E-state index contributed by atoms with van der Waals surface area (Å²) in [5.41, 5.74) is 4.84. The molecule has 0 unspecified atom stereocenters. The summed E-state index contributed by atoms with van der Waals surface area (Å²) in [7, 11) is 0. The van der Waals surface area contributed by atoms with E-state index < -0.39 is 5.91 Å². The first-order chi connectivity index (χ1) is 10.5. The van der Waals surface area contributed by atoms with Crippen LogP contribution in [-0.4, -0.2) is 47.2 Å². The van der Waals surface area contributed by atoms with E-state index in [0.717, 1.165) is 37.3 Å². The fraction of sp³-hybridized carbons (Fsp3) is 0.538. The van der Waals surface area contributed by atoms with Gasteiger partial charge in [-0.15, -0.1) is 11.3 Å². The number of hydrogen-bond acceptors (Lipinski definition) is 6. The number of hydrazine groups is 1. The molecule has 0 radical (unpaired) electrons. The summed E-state index contributed by atoms with van der Waals surface area (Å²) in [6.45, 7) is 3.46. The number of thiazole rings is 1. The standard InChI is InChI=1S/C13H19N5O3S/c1-9(19)14-13-15-10(8-22-13)12(21)17-16-11(20)7-18-5-3-2-4-6-18/h8H,2-7H2,1H3,(H,16,20)(H,17,21)(H,14,15,19). The van der Waals surface area contributed by atoms with Gasteiger partial charge < -0.3 is 5.32 Å². The zero-order valence-corrected chi connectivity index (χ0v) is 13.2. The van der Waals surface area contributed by atoms with Crippen LogP contribution in [0.25, 0.3) is 0 Å². The second-order valence-corrected chi connectivity index (χ2v) is 5.92. The van der Waals surface area contributed by atoms with Gasteiger partial charge in [-0.05, 0) is 25.9 Å². The molecule has 2 heterocycles. The second kappa shape index (κ2) is 7.85. The number of hydrogen-bond donors (Lipinski definition) is 3. The van der Waals surface area contributed by atoms with E-state index in [-0.39, 0.29) is 24.1 Å². The van der Waals surface area contributed by atoms with E-state index in [1.165, 1.54) is 18.7 Å². The highest BCUT2D eigenvalue weighted by atomic mass is 32.1. The van der Waals surface area contributed by atoms with Gasteiger partial charge in [0.2, 0.25) is 5.91 Å². The summed E-state index contributed by atoms with van der Waals surface area (Å²) in [4.78, 5) is 40.5. The molecule has 2 rings (SSSR count). The van der Waals surface area contributed by atoms with Crippen LogP contribution < -0.4 is 16.2 Å². The van der Waals surface area contributed by atoms with Crippen LogP contribution in [0.5, 0.6) is 0 Å². The van der Waals surface area contributed by atoms with Crippen molar-refractivity contribution in [1.82, 2.24) is 20.7 Å². The summed E-state index contributed by atoms with van der Waals surface area (Å²) in [6, 6.07) is 0. The zero-order valence-electron chi connectivity index (χ0n) is 12.3. The Morgan fingerprint density at radius 2 is 1.95 bits per heavy atom. The summed E-state index contributed by atoms with van der Waals surface area (Å²) < 4.78 is 0. The number of amides is 3. The average Bonchev–Trinajstić information content (AvgIpc) is 2.93. The molecule has 3 amide bonds. The second-order valence-electron chi connectivity index (χ2n) is 5.06. The summed E-state index contributed by atoms with van der Waals surface area (Å²) in [6.07, 6.45) is 3.41. The van der Waals surface area contributed by atoms with Gasteiger partial charge in [-0.3, -0.25) is 30.1 Å². The lowest BCUT2D eigenvalue weighted by Crippen LogP contribution is -2.47. The summed E-state index contributed by atoms with van der Waals surface area (Å²) in [5.74, 6) is -1.02. The van der Waals surface area contributed by atoms with Gasteiger partial charge in [-0.25, -0.2) is 4.98 Å². The Morgan fingerprint density at radius 3 is 2.64 bits per heavy atom. The van der Waals surface area contributed by atoms with Gasteiger partial charge in [0.05, 0.1) is 6.54 Å². The van der Waals surface area contributed by atoms with Crippen LogP contribution in [0.3, 0.4) is 0 Å². The minimum atomic E-state index is -0.514. The summed E-state index contributed by atoms with van der Waals surface area (Å²) in [5, 5.41) is 4.35. The lowest BCUT2D eigenvalue weighted by molar-refractivity contribution is -0.123. The Kier molecular flexibility index (Phi) is 5.84. The number of likely N-dealkylation sites (tertiary alicyclic amines) is 1. The average molecular weight is 325 g/mol. The highest BCUT2D eigenvalue weighted by Crippen LogP contribution is 2.14. The molecule has 1 aliphatic rings. The molecule has 22 heavy (non-hydrogen) atoms. The van der Waals surface area contributed by atoms with Crippen molar-refractivity contribution in [3.05, 3.63) is 11.1 Å². The normalized spacial score (nSPS) is 15.1. The molecule has 0 aromatic carbocycles. The first kappa shape index (κ1) is 16.4. The predicted molar refractivity (Wildman–Crippen MR) is 82.3 cm³/mol. The lowest BCUT2D eigenvalue weighted by atomic mass is 10.1. The van der Waals surface area contributed by atoms with Crippen LogP contribution >= 0.6 is 11.3 Å². The Morgan fingerprint density at radius 1 is 1.23 bits per heavy atom. The molecule has 1 aromatic heterocycles. The topological polar surface area (TPSA) is 103 Å². The fourth-order valence-corrected chi connectivity index (χ4v) is 2.87. The van der Waals surface area contributed by atoms with Gasteiger partial charge in [0.25, 0.3) is 11.8 Å². The number of nitrogens with one attached hydrogen (secondary N) is 3. The monoisotopic (exact) mass is 325 g/mol. The largest absolute Gasteiger partial charge is 0.302 e. The van der Waals surface area contributed by atoms with Crippen LogP contribution in [0.15, 0.2) is 5.38 Å². The Hall–Kier alpha value is -2.00. The maximum atomic E-state index is 11.8. The maximum absolute atomic E-state index is 11.8. The van der Waals surface area contributed by atoms with E-state index in [1.807, 2.05) is 0 Å². The van der Waals surface area contributed by atoms with Gasteiger partial charge >= 0.3 is 0 Å². The number of aromatic nitrogens is 1. The van der Waals surface area contributed by atoms with Crippen molar-refractivity contribution in [1.29, 1.82) is 0 Å². The minimum Gasteiger partial charge on any atom is -0.302 e. The molecule has 1 aromatic rings. The van der Waals surface area contributed by atoms with Gasteiger partial charge in [0, 0.05) is 12.3 Å². The Labute approximate surface area is 132 Å². The minimum absolute atomic E-state index is 0.145. The molecule has 0 saturated carbocycles. The third-order valence-electron chi connectivity index (χ3n) is 3.15. The van der Waals surface area contributed by atoms with E-state index in [1.54, 1.807) is 0 Å². The highest BCUT2D eigenvalue weighted by Gasteiger charge is 2.15. The SMILES string of the molecule is CC(=O)Nc1nc(C(=O)NNC(=O)CN2CCCCC2)cs1. The van der Waals surface area contributed by atoms with Crippen LogP contribution in [0.2, 0.25) is 0 Å². The molecular weight excluding hydrogens is 306 g/mol. The molecule has 0 atom stereocenters. The van der Waals surface area contributed by atoms with Crippen molar-refractivity contribution in [3.8, 4) is 0 Å². The predicted octanol–water partition coefficient (Wildman–Crippen LogP) is 0.348. The molecule has 3 N–H and O–H groups in total. The van der Waals surface area contributed by atoms with Gasteiger partial charge in [0.15, 0.2) is 5.13 Å². The number of carbonyl (C=O) groups excluding carboxylic acids is 3.